The molecule has 1 unspecified atom stereocenters. The number of halogens is 2. The lowest BCUT2D eigenvalue weighted by atomic mass is 10.2. The van der Waals surface area contributed by atoms with E-state index in [1.807, 2.05) is 26.8 Å². The smallest absolute Gasteiger partial charge is 0.191 e. The fourth-order valence-electron chi connectivity index (χ4n) is 1.62. The SMILES string of the molecule is CN=C(NCCS(=O)C(C)(C)C)NCc1cccc(F)c1.I. The van der Waals surface area contributed by atoms with Gasteiger partial charge < -0.3 is 10.6 Å². The maximum atomic E-state index is 13.1. The van der Waals surface area contributed by atoms with E-state index in [1.165, 1.54) is 12.1 Å². The van der Waals surface area contributed by atoms with Gasteiger partial charge in [-0.3, -0.25) is 9.20 Å². The van der Waals surface area contributed by atoms with Crippen molar-refractivity contribution in [2.45, 2.75) is 32.1 Å². The lowest BCUT2D eigenvalue weighted by Crippen LogP contribution is -2.40. The molecule has 2 N–H and O–H groups in total. The van der Waals surface area contributed by atoms with Gasteiger partial charge in [-0.15, -0.1) is 24.0 Å². The van der Waals surface area contributed by atoms with Gasteiger partial charge in [-0.25, -0.2) is 4.39 Å². The number of hydrogen-bond donors (Lipinski definition) is 2. The first-order valence-electron chi connectivity index (χ1n) is 6.90. The number of aliphatic imine (C=N–C) groups is 1. The summed E-state index contributed by atoms with van der Waals surface area (Å²) in [5, 5.41) is 6.21. The third-order valence-corrected chi connectivity index (χ3v) is 4.78. The van der Waals surface area contributed by atoms with Crippen LogP contribution in [0, 0.1) is 5.82 Å². The quantitative estimate of drug-likeness (QED) is 0.420. The van der Waals surface area contributed by atoms with Gasteiger partial charge in [0.2, 0.25) is 0 Å². The molecule has 0 radical (unpaired) electrons. The highest BCUT2D eigenvalue weighted by atomic mass is 127. The van der Waals surface area contributed by atoms with Crippen molar-refractivity contribution in [2.24, 2.45) is 4.99 Å². The second-order valence-corrected chi connectivity index (χ2v) is 7.97. The molecule has 1 atom stereocenters. The topological polar surface area (TPSA) is 53.5 Å². The summed E-state index contributed by atoms with van der Waals surface area (Å²) in [6, 6.07) is 6.42. The van der Waals surface area contributed by atoms with Crippen LogP contribution in [-0.2, 0) is 17.3 Å². The Morgan fingerprint density at radius 1 is 1.32 bits per heavy atom. The molecule has 0 aliphatic heterocycles. The average molecular weight is 441 g/mol. The predicted molar refractivity (Wildman–Crippen MR) is 103 cm³/mol. The molecule has 126 valence electrons. The molecule has 0 aromatic heterocycles. The van der Waals surface area contributed by atoms with Gasteiger partial charge in [-0.1, -0.05) is 12.1 Å². The first-order valence-corrected chi connectivity index (χ1v) is 8.22. The van der Waals surface area contributed by atoms with Crippen LogP contribution in [0.4, 0.5) is 4.39 Å². The van der Waals surface area contributed by atoms with Crippen LogP contribution in [0.5, 0.6) is 0 Å². The molecule has 1 aromatic carbocycles. The minimum absolute atomic E-state index is 0. The molecule has 0 bridgehead atoms. The Morgan fingerprint density at radius 3 is 2.55 bits per heavy atom. The zero-order valence-corrected chi connectivity index (χ0v) is 16.6. The van der Waals surface area contributed by atoms with Gasteiger partial charge in [-0.2, -0.15) is 0 Å². The average Bonchev–Trinajstić information content (AvgIpc) is 2.41. The molecule has 22 heavy (non-hydrogen) atoms. The van der Waals surface area contributed by atoms with E-state index >= 15 is 0 Å². The van der Waals surface area contributed by atoms with Gasteiger partial charge >= 0.3 is 0 Å². The molecule has 0 fully saturated rings. The number of benzene rings is 1. The van der Waals surface area contributed by atoms with Crippen molar-refractivity contribution in [3.05, 3.63) is 35.6 Å². The highest BCUT2D eigenvalue weighted by Gasteiger charge is 2.18. The van der Waals surface area contributed by atoms with Gasteiger partial charge in [-0.05, 0) is 38.5 Å². The largest absolute Gasteiger partial charge is 0.355 e. The molecule has 7 heteroatoms. The zero-order chi connectivity index (χ0) is 15.9. The monoisotopic (exact) mass is 441 g/mol. The van der Waals surface area contributed by atoms with Crippen molar-refractivity contribution in [3.8, 4) is 0 Å². The van der Waals surface area contributed by atoms with Gasteiger partial charge in [0.1, 0.15) is 5.82 Å². The van der Waals surface area contributed by atoms with Crippen molar-refractivity contribution in [2.75, 3.05) is 19.3 Å². The van der Waals surface area contributed by atoms with Crippen LogP contribution in [0.3, 0.4) is 0 Å². The summed E-state index contributed by atoms with van der Waals surface area (Å²) in [6.45, 7) is 6.94. The molecule has 0 heterocycles. The van der Waals surface area contributed by atoms with E-state index in [0.29, 0.717) is 24.8 Å². The highest BCUT2D eigenvalue weighted by Crippen LogP contribution is 2.10. The molecule has 1 aromatic rings. The lowest BCUT2D eigenvalue weighted by molar-refractivity contribution is 0.624. The zero-order valence-electron chi connectivity index (χ0n) is 13.5. The second-order valence-electron chi connectivity index (χ2n) is 5.64. The number of guanidine groups is 1. The minimum Gasteiger partial charge on any atom is -0.355 e. The van der Waals surface area contributed by atoms with Crippen LogP contribution in [0.25, 0.3) is 0 Å². The third kappa shape index (κ3) is 8.07. The highest BCUT2D eigenvalue weighted by molar-refractivity contribution is 14.0. The van der Waals surface area contributed by atoms with E-state index in [4.69, 9.17) is 0 Å². The fourth-order valence-corrected chi connectivity index (χ4v) is 2.52. The Bertz CT molecular complexity index is 518. The maximum absolute atomic E-state index is 13.1. The summed E-state index contributed by atoms with van der Waals surface area (Å²) in [5.41, 5.74) is 0.844. The van der Waals surface area contributed by atoms with E-state index in [0.717, 1.165) is 5.56 Å². The molecule has 0 aliphatic rings. The van der Waals surface area contributed by atoms with Crippen LogP contribution in [-0.4, -0.2) is 34.3 Å². The van der Waals surface area contributed by atoms with Gasteiger partial charge in [0.15, 0.2) is 5.96 Å². The van der Waals surface area contributed by atoms with E-state index in [-0.39, 0.29) is 34.5 Å². The van der Waals surface area contributed by atoms with Crippen LogP contribution in [0.15, 0.2) is 29.3 Å². The van der Waals surface area contributed by atoms with E-state index in [2.05, 4.69) is 15.6 Å². The summed E-state index contributed by atoms with van der Waals surface area (Å²) < 4.78 is 24.8. The second kappa shape index (κ2) is 10.1. The third-order valence-electron chi connectivity index (χ3n) is 2.84. The van der Waals surface area contributed by atoms with E-state index in [1.54, 1.807) is 13.1 Å². The Balaban J connectivity index is 0.00000441. The summed E-state index contributed by atoms with van der Waals surface area (Å²) in [7, 11) is 0.775. The molecule has 0 amide bonds. The molecule has 4 nitrogen and oxygen atoms in total. The van der Waals surface area contributed by atoms with Crippen molar-refractivity contribution >= 4 is 40.7 Å². The van der Waals surface area contributed by atoms with Crippen LogP contribution in [0.2, 0.25) is 0 Å². The standard InChI is InChI=1S/C15H24FN3OS.HI/c1-15(2,3)21(20)9-8-18-14(17-4)19-11-12-6-5-7-13(16)10-12;/h5-7,10H,8-9,11H2,1-4H3,(H2,17,18,19);1H. The summed E-state index contributed by atoms with van der Waals surface area (Å²) in [6.07, 6.45) is 0. The summed E-state index contributed by atoms with van der Waals surface area (Å²) in [5.74, 6) is 0.924. The van der Waals surface area contributed by atoms with Crippen molar-refractivity contribution < 1.29 is 8.60 Å². The van der Waals surface area contributed by atoms with Crippen LogP contribution in [0.1, 0.15) is 26.3 Å². The molecular formula is C15H25FIN3OS. The Kier molecular flexibility index (Phi) is 9.82. The fraction of sp³-hybridized carbons (Fsp3) is 0.533. The van der Waals surface area contributed by atoms with E-state index in [9.17, 15) is 8.60 Å². The Morgan fingerprint density at radius 2 is 2.00 bits per heavy atom. The number of nitrogens with one attached hydrogen (secondary N) is 2. The normalized spacial score (nSPS) is 13.2. The summed E-state index contributed by atoms with van der Waals surface area (Å²) in [4.78, 5) is 4.09. The molecule has 0 aliphatic carbocycles. The molecular weight excluding hydrogens is 416 g/mol. The van der Waals surface area contributed by atoms with Gasteiger partial charge in [0.25, 0.3) is 0 Å². The maximum Gasteiger partial charge on any atom is 0.191 e. The Hall–Kier alpha value is -0.700. The number of nitrogens with zero attached hydrogens (tertiary/aromatic N) is 1. The van der Waals surface area contributed by atoms with Crippen LogP contribution >= 0.6 is 24.0 Å². The van der Waals surface area contributed by atoms with Crippen molar-refractivity contribution in [1.29, 1.82) is 0 Å². The molecule has 0 spiro atoms. The number of hydrogen-bond acceptors (Lipinski definition) is 2. The first kappa shape index (κ1) is 21.3. The molecule has 0 saturated heterocycles. The van der Waals surface area contributed by atoms with E-state index < -0.39 is 10.8 Å². The summed E-state index contributed by atoms with van der Waals surface area (Å²) >= 11 is 0. The number of rotatable bonds is 5. The molecule has 0 saturated carbocycles. The van der Waals surface area contributed by atoms with Gasteiger partial charge in [0, 0.05) is 41.4 Å². The Labute approximate surface area is 151 Å². The predicted octanol–water partition coefficient (Wildman–Crippen LogP) is 2.66. The first-order chi connectivity index (χ1) is 9.82. The van der Waals surface area contributed by atoms with Gasteiger partial charge in [0.05, 0.1) is 0 Å². The molecule has 1 rings (SSSR count). The minimum atomic E-state index is -0.894. The lowest BCUT2D eigenvalue weighted by Gasteiger charge is -2.18. The van der Waals surface area contributed by atoms with Crippen molar-refractivity contribution in [1.82, 2.24) is 10.6 Å². The van der Waals surface area contributed by atoms with Crippen LogP contribution < -0.4 is 10.6 Å². The van der Waals surface area contributed by atoms with Crippen molar-refractivity contribution in [3.63, 3.8) is 0 Å².